The van der Waals surface area contributed by atoms with E-state index in [1.807, 2.05) is 0 Å². The summed E-state index contributed by atoms with van der Waals surface area (Å²) in [6, 6.07) is 4.67. The second-order valence-corrected chi connectivity index (χ2v) is 3.94. The summed E-state index contributed by atoms with van der Waals surface area (Å²) in [5.41, 5.74) is 0.309. The van der Waals surface area contributed by atoms with Crippen molar-refractivity contribution in [3.8, 4) is 17.1 Å². The van der Waals surface area contributed by atoms with Crippen molar-refractivity contribution in [1.82, 2.24) is 10.1 Å². The Morgan fingerprint density at radius 3 is 2.45 bits per heavy atom. The first kappa shape index (κ1) is 15.5. The van der Waals surface area contributed by atoms with Gasteiger partial charge in [-0.15, -0.1) is 13.2 Å². The molecule has 0 aliphatic carbocycles. The highest BCUT2D eigenvalue weighted by Crippen LogP contribution is 2.25. The van der Waals surface area contributed by atoms with Crippen molar-refractivity contribution < 1.29 is 32.0 Å². The number of rotatable bonds is 3. The Morgan fingerprint density at radius 1 is 1.27 bits per heavy atom. The Morgan fingerprint density at radius 2 is 1.91 bits per heavy atom. The summed E-state index contributed by atoms with van der Waals surface area (Å²) in [5, 5.41) is 10.5. The van der Waals surface area contributed by atoms with Gasteiger partial charge in [0.15, 0.2) is 5.90 Å². The van der Waals surface area contributed by atoms with Gasteiger partial charge in [-0.05, 0) is 24.3 Å². The Labute approximate surface area is 121 Å². The van der Waals surface area contributed by atoms with Crippen molar-refractivity contribution >= 4 is 11.9 Å². The fraction of sp³-hybridized carbons (Fsp3) is 0.167. The first-order chi connectivity index (χ1) is 10.2. The SMILES string of the molecule is CC(=N)OC(=O)c1nc(-c2ccc(OC(F)(F)F)cc2)no1. The largest absolute Gasteiger partial charge is 0.573 e. The van der Waals surface area contributed by atoms with Crippen LogP contribution in [-0.2, 0) is 4.74 Å². The van der Waals surface area contributed by atoms with E-state index < -0.39 is 24.0 Å². The van der Waals surface area contributed by atoms with Gasteiger partial charge in [-0.1, -0.05) is 5.16 Å². The molecule has 0 bridgehead atoms. The average molecular weight is 315 g/mol. The number of aromatic nitrogens is 2. The topological polar surface area (TPSA) is 98.3 Å². The molecule has 1 heterocycles. The minimum atomic E-state index is -4.78. The highest BCUT2D eigenvalue weighted by Gasteiger charge is 2.31. The molecule has 22 heavy (non-hydrogen) atoms. The van der Waals surface area contributed by atoms with Gasteiger partial charge in [-0.25, -0.2) is 4.79 Å². The van der Waals surface area contributed by atoms with Crippen LogP contribution in [0.25, 0.3) is 11.4 Å². The monoisotopic (exact) mass is 315 g/mol. The number of alkyl halides is 3. The number of ether oxygens (including phenoxy) is 2. The van der Waals surface area contributed by atoms with Crippen LogP contribution in [0.1, 0.15) is 17.6 Å². The van der Waals surface area contributed by atoms with Gasteiger partial charge in [-0.3, -0.25) is 5.41 Å². The van der Waals surface area contributed by atoms with Crippen molar-refractivity contribution in [1.29, 1.82) is 5.41 Å². The molecule has 0 radical (unpaired) electrons. The lowest BCUT2D eigenvalue weighted by molar-refractivity contribution is -0.274. The summed E-state index contributed by atoms with van der Waals surface area (Å²) in [4.78, 5) is 15.1. The van der Waals surface area contributed by atoms with Gasteiger partial charge < -0.3 is 14.0 Å². The maximum absolute atomic E-state index is 12.0. The zero-order valence-electron chi connectivity index (χ0n) is 11.0. The predicted octanol–water partition coefficient (Wildman–Crippen LogP) is 2.79. The molecular formula is C12H8F3N3O4. The molecule has 0 fully saturated rings. The lowest BCUT2D eigenvalue weighted by Gasteiger charge is -2.08. The fourth-order valence-electron chi connectivity index (χ4n) is 1.41. The average Bonchev–Trinajstić information content (AvgIpc) is 2.86. The van der Waals surface area contributed by atoms with Crippen molar-refractivity contribution in [3.05, 3.63) is 30.2 Å². The van der Waals surface area contributed by atoms with E-state index in [9.17, 15) is 18.0 Å². The number of carbonyl (C=O) groups excluding carboxylic acids is 1. The van der Waals surface area contributed by atoms with E-state index in [4.69, 9.17) is 5.41 Å². The molecule has 0 aliphatic rings. The lowest BCUT2D eigenvalue weighted by Crippen LogP contribution is -2.16. The van der Waals surface area contributed by atoms with E-state index in [0.29, 0.717) is 5.56 Å². The van der Waals surface area contributed by atoms with E-state index in [2.05, 4.69) is 24.1 Å². The van der Waals surface area contributed by atoms with Gasteiger partial charge in [-0.2, -0.15) is 4.98 Å². The molecule has 0 spiro atoms. The molecule has 0 saturated carbocycles. The molecule has 0 unspecified atom stereocenters. The van der Waals surface area contributed by atoms with E-state index in [1.165, 1.54) is 19.1 Å². The zero-order chi connectivity index (χ0) is 16.3. The third kappa shape index (κ3) is 4.04. The molecule has 1 aromatic carbocycles. The van der Waals surface area contributed by atoms with Crippen LogP contribution in [0.4, 0.5) is 13.2 Å². The van der Waals surface area contributed by atoms with Crippen LogP contribution in [0.3, 0.4) is 0 Å². The Kier molecular flexibility index (Phi) is 4.11. The van der Waals surface area contributed by atoms with Crippen LogP contribution in [0.15, 0.2) is 28.8 Å². The van der Waals surface area contributed by atoms with Crippen LogP contribution in [-0.4, -0.2) is 28.4 Å². The van der Waals surface area contributed by atoms with Crippen LogP contribution < -0.4 is 4.74 Å². The number of halogens is 3. The first-order valence-electron chi connectivity index (χ1n) is 5.72. The summed E-state index contributed by atoms with van der Waals surface area (Å²) in [6.07, 6.45) is -4.78. The van der Waals surface area contributed by atoms with Crippen LogP contribution in [0.2, 0.25) is 0 Å². The summed E-state index contributed by atoms with van der Waals surface area (Å²) in [5.74, 6) is -2.24. The highest BCUT2D eigenvalue weighted by molar-refractivity contribution is 5.93. The van der Waals surface area contributed by atoms with Crippen LogP contribution in [0, 0.1) is 5.41 Å². The lowest BCUT2D eigenvalue weighted by atomic mass is 10.2. The maximum Gasteiger partial charge on any atom is 0.573 e. The number of nitrogens with one attached hydrogen (secondary N) is 1. The first-order valence-corrected chi connectivity index (χ1v) is 5.72. The molecule has 1 N–H and O–H groups in total. The van der Waals surface area contributed by atoms with Crippen molar-refractivity contribution in [2.24, 2.45) is 0 Å². The quantitative estimate of drug-likeness (QED) is 0.531. The fourth-order valence-corrected chi connectivity index (χ4v) is 1.41. The second kappa shape index (κ2) is 5.84. The Balaban J connectivity index is 2.14. The number of esters is 1. The van der Waals surface area contributed by atoms with E-state index in [0.717, 1.165) is 12.1 Å². The third-order valence-electron chi connectivity index (χ3n) is 2.19. The van der Waals surface area contributed by atoms with Gasteiger partial charge in [0.2, 0.25) is 5.82 Å². The van der Waals surface area contributed by atoms with Gasteiger partial charge >= 0.3 is 18.2 Å². The molecule has 0 atom stereocenters. The van der Waals surface area contributed by atoms with Crippen molar-refractivity contribution in [2.45, 2.75) is 13.3 Å². The van der Waals surface area contributed by atoms with Gasteiger partial charge in [0.25, 0.3) is 0 Å². The van der Waals surface area contributed by atoms with Crippen molar-refractivity contribution in [3.63, 3.8) is 0 Å². The molecule has 0 aliphatic heterocycles. The molecule has 7 nitrogen and oxygen atoms in total. The summed E-state index contributed by atoms with van der Waals surface area (Å²) in [7, 11) is 0. The van der Waals surface area contributed by atoms with E-state index in [1.54, 1.807) is 0 Å². The van der Waals surface area contributed by atoms with Crippen LogP contribution >= 0.6 is 0 Å². The minimum absolute atomic E-state index is 0.0202. The number of benzene rings is 1. The molecule has 1 aromatic heterocycles. The molecule has 2 aromatic rings. The van der Waals surface area contributed by atoms with E-state index in [-0.39, 0.29) is 11.7 Å². The number of nitrogens with zero attached hydrogens (tertiary/aromatic N) is 2. The third-order valence-corrected chi connectivity index (χ3v) is 2.19. The number of hydrogen-bond acceptors (Lipinski definition) is 7. The minimum Gasteiger partial charge on any atom is -0.406 e. The standard InChI is InChI=1S/C12H8F3N3O4/c1-6(16)20-11(19)10-17-9(18-22-10)7-2-4-8(5-3-7)21-12(13,14)15/h2-5,16H,1H3. The Bertz CT molecular complexity index is 694. The van der Waals surface area contributed by atoms with Gasteiger partial charge in [0.1, 0.15) is 5.75 Å². The van der Waals surface area contributed by atoms with Gasteiger partial charge in [0, 0.05) is 12.5 Å². The predicted molar refractivity (Wildman–Crippen MR) is 65.2 cm³/mol. The molecular weight excluding hydrogens is 307 g/mol. The summed E-state index contributed by atoms with van der Waals surface area (Å²) < 4.78 is 48.9. The van der Waals surface area contributed by atoms with Gasteiger partial charge in [0.05, 0.1) is 0 Å². The molecule has 116 valence electrons. The number of carbonyl (C=O) groups is 1. The molecule has 10 heteroatoms. The Hall–Kier alpha value is -2.91. The summed E-state index contributed by atoms with van der Waals surface area (Å²) in [6.45, 7) is 1.24. The zero-order valence-corrected chi connectivity index (χ0v) is 11.0. The summed E-state index contributed by atoms with van der Waals surface area (Å²) >= 11 is 0. The normalized spacial score (nSPS) is 11.1. The second-order valence-electron chi connectivity index (χ2n) is 3.94. The smallest absolute Gasteiger partial charge is 0.406 e. The molecule has 0 saturated heterocycles. The van der Waals surface area contributed by atoms with Crippen molar-refractivity contribution in [2.75, 3.05) is 0 Å². The van der Waals surface area contributed by atoms with Crippen LogP contribution in [0.5, 0.6) is 5.75 Å². The highest BCUT2D eigenvalue weighted by atomic mass is 19.4. The number of hydrogen-bond donors (Lipinski definition) is 1. The maximum atomic E-state index is 12.0. The molecule has 0 amide bonds. The van der Waals surface area contributed by atoms with E-state index >= 15 is 0 Å². The molecule has 2 rings (SSSR count).